The highest BCUT2D eigenvalue weighted by Gasteiger charge is 2.57. The van der Waals surface area contributed by atoms with Gasteiger partial charge in [-0.3, -0.25) is 14.8 Å². The second-order valence-corrected chi connectivity index (χ2v) is 10.5. The maximum absolute atomic E-state index is 14.7. The Balaban J connectivity index is 1.72. The second-order valence-electron chi connectivity index (χ2n) is 7.34. The van der Waals surface area contributed by atoms with Gasteiger partial charge in [-0.25, -0.2) is 12.8 Å². The third kappa shape index (κ3) is 3.22. The van der Waals surface area contributed by atoms with Gasteiger partial charge in [-0.05, 0) is 31.5 Å². The molecule has 154 valence electrons. The fourth-order valence-electron chi connectivity index (χ4n) is 3.74. The summed E-state index contributed by atoms with van der Waals surface area (Å²) < 4.78 is 44.8. The molecule has 3 heterocycles. The smallest absolute Gasteiger partial charge is 0.267 e. The lowest BCUT2D eigenvalue weighted by atomic mass is 9.92. The van der Waals surface area contributed by atoms with Crippen LogP contribution in [0.5, 0.6) is 0 Å². The highest BCUT2D eigenvalue weighted by atomic mass is 32.2. The Bertz CT molecular complexity index is 1100. The van der Waals surface area contributed by atoms with E-state index in [2.05, 4.69) is 15.3 Å². The number of carbonyl (C=O) groups excluding carboxylic acids is 1. The van der Waals surface area contributed by atoms with Crippen LogP contribution in [0.25, 0.3) is 0 Å². The number of nitrogens with zero attached hydrogens (tertiary/aromatic N) is 2. The molecule has 0 unspecified atom stereocenters. The number of nitrogens with one attached hydrogen (secondary N) is 1. The van der Waals surface area contributed by atoms with E-state index in [0.717, 1.165) is 0 Å². The molecule has 3 N–H and O–H groups in total. The summed E-state index contributed by atoms with van der Waals surface area (Å²) in [4.78, 5) is 20.9. The number of carbonyl (C=O) groups is 1. The number of aromatic nitrogens is 1. The number of halogens is 1. The van der Waals surface area contributed by atoms with Crippen molar-refractivity contribution in [3.63, 3.8) is 0 Å². The lowest BCUT2D eigenvalue weighted by Crippen LogP contribution is -2.58. The number of aliphatic imine (C=N–C) groups is 1. The van der Waals surface area contributed by atoms with E-state index in [0.29, 0.717) is 10.6 Å². The maximum atomic E-state index is 14.7. The monoisotopic (exact) mass is 438 g/mol. The van der Waals surface area contributed by atoms with Crippen LogP contribution in [0.4, 0.5) is 10.1 Å². The standard InChI is InChI=1S/C18H19FN4O4S2/c1-17(9-29(25,26)18(16(20)23-17)4-5-27-8-18)12-6-11(2-3-13(12)19)22-15(24)14-7-21-10-28-14/h2-3,6-7,10H,4-5,8-9H2,1H3,(H2,20,23)(H,22,24)/t17-,18-/m0/s1. The van der Waals surface area contributed by atoms with Crippen LogP contribution in [0.3, 0.4) is 0 Å². The van der Waals surface area contributed by atoms with Gasteiger partial charge in [0.25, 0.3) is 5.91 Å². The van der Waals surface area contributed by atoms with Gasteiger partial charge in [-0.15, -0.1) is 11.3 Å². The Morgan fingerprint density at radius 3 is 2.83 bits per heavy atom. The molecule has 11 heteroatoms. The number of rotatable bonds is 3. The van der Waals surface area contributed by atoms with Gasteiger partial charge < -0.3 is 15.8 Å². The van der Waals surface area contributed by atoms with Crippen molar-refractivity contribution in [1.82, 2.24) is 4.98 Å². The minimum absolute atomic E-state index is 0.0416. The van der Waals surface area contributed by atoms with Crippen molar-refractivity contribution in [2.75, 3.05) is 24.3 Å². The van der Waals surface area contributed by atoms with Crippen LogP contribution >= 0.6 is 11.3 Å². The van der Waals surface area contributed by atoms with Gasteiger partial charge in [0.05, 0.1) is 24.1 Å². The first-order valence-electron chi connectivity index (χ1n) is 8.83. The number of anilines is 1. The summed E-state index contributed by atoms with van der Waals surface area (Å²) in [7, 11) is -3.76. The number of benzene rings is 1. The lowest BCUT2D eigenvalue weighted by molar-refractivity contribution is 0.103. The van der Waals surface area contributed by atoms with Gasteiger partial charge in [0.15, 0.2) is 14.6 Å². The van der Waals surface area contributed by atoms with Crippen molar-refractivity contribution in [2.45, 2.75) is 23.6 Å². The van der Waals surface area contributed by atoms with Crippen LogP contribution in [-0.2, 0) is 20.1 Å². The molecule has 0 bridgehead atoms. The molecule has 1 spiro atoms. The first kappa shape index (κ1) is 19.9. The van der Waals surface area contributed by atoms with Gasteiger partial charge in [0.1, 0.15) is 22.1 Å². The summed E-state index contributed by atoms with van der Waals surface area (Å²) in [6.07, 6.45) is 1.65. The Labute approximate surface area is 170 Å². The van der Waals surface area contributed by atoms with E-state index in [-0.39, 0.29) is 31.0 Å². The first-order valence-corrected chi connectivity index (χ1v) is 11.4. The third-order valence-corrected chi connectivity index (χ3v) is 8.78. The average Bonchev–Trinajstić information content (AvgIpc) is 3.34. The Morgan fingerprint density at radius 1 is 1.41 bits per heavy atom. The van der Waals surface area contributed by atoms with E-state index in [1.54, 1.807) is 0 Å². The quantitative estimate of drug-likeness (QED) is 0.752. The van der Waals surface area contributed by atoms with E-state index in [4.69, 9.17) is 10.5 Å². The number of hydrogen-bond donors (Lipinski definition) is 2. The molecule has 1 saturated heterocycles. The van der Waals surface area contributed by atoms with Crippen LogP contribution in [-0.4, -0.2) is 48.9 Å². The summed E-state index contributed by atoms with van der Waals surface area (Å²) >= 11 is 1.17. The van der Waals surface area contributed by atoms with Crippen molar-refractivity contribution in [3.05, 3.63) is 46.2 Å². The number of thiazole rings is 1. The van der Waals surface area contributed by atoms with Crippen molar-refractivity contribution in [2.24, 2.45) is 10.7 Å². The van der Waals surface area contributed by atoms with Crippen LogP contribution in [0.15, 0.2) is 34.9 Å². The lowest BCUT2D eigenvalue weighted by Gasteiger charge is -2.39. The number of sulfone groups is 1. The van der Waals surface area contributed by atoms with Gasteiger partial charge in [-0.1, -0.05) is 0 Å². The molecule has 2 atom stereocenters. The molecule has 0 saturated carbocycles. The minimum atomic E-state index is -3.76. The van der Waals surface area contributed by atoms with E-state index in [1.807, 2.05) is 0 Å². The number of nitrogens with two attached hydrogens (primary N) is 1. The summed E-state index contributed by atoms with van der Waals surface area (Å²) in [6.45, 7) is 1.75. The number of amidine groups is 1. The first-order chi connectivity index (χ1) is 13.7. The molecule has 4 rings (SSSR count). The van der Waals surface area contributed by atoms with E-state index in [1.165, 1.54) is 48.2 Å². The zero-order valence-electron chi connectivity index (χ0n) is 15.5. The van der Waals surface area contributed by atoms with Crippen molar-refractivity contribution < 1.29 is 22.3 Å². The van der Waals surface area contributed by atoms with Gasteiger partial charge in [0.2, 0.25) is 0 Å². The van der Waals surface area contributed by atoms with Crippen LogP contribution in [0, 0.1) is 5.82 Å². The SMILES string of the molecule is C[C@@]1(c2cc(NC(=O)c3cncs3)ccc2F)CS(=O)(=O)[C@]2(CCOC2)C(N)=N1. The van der Waals surface area contributed by atoms with Gasteiger partial charge in [-0.2, -0.15) is 0 Å². The fourth-order valence-corrected chi connectivity index (χ4v) is 6.51. The molecule has 1 aromatic heterocycles. The molecule has 1 amide bonds. The number of amides is 1. The fraction of sp³-hybridized carbons (Fsp3) is 0.389. The predicted octanol–water partition coefficient (Wildman–Crippen LogP) is 1.69. The Morgan fingerprint density at radius 2 is 2.21 bits per heavy atom. The van der Waals surface area contributed by atoms with Crippen molar-refractivity contribution in [1.29, 1.82) is 0 Å². The second kappa shape index (κ2) is 6.85. The highest BCUT2D eigenvalue weighted by molar-refractivity contribution is 7.93. The highest BCUT2D eigenvalue weighted by Crippen LogP contribution is 2.41. The predicted molar refractivity (Wildman–Crippen MR) is 107 cm³/mol. The molecule has 1 fully saturated rings. The minimum Gasteiger partial charge on any atom is -0.386 e. The summed E-state index contributed by atoms with van der Waals surface area (Å²) in [5, 5.41) is 2.66. The zero-order valence-corrected chi connectivity index (χ0v) is 17.1. The molecule has 2 aliphatic heterocycles. The zero-order chi connectivity index (χ0) is 20.9. The van der Waals surface area contributed by atoms with E-state index in [9.17, 15) is 17.6 Å². The molecule has 29 heavy (non-hydrogen) atoms. The third-order valence-electron chi connectivity index (χ3n) is 5.35. The molecule has 0 aliphatic carbocycles. The molecular weight excluding hydrogens is 419 g/mol. The molecule has 2 aromatic rings. The van der Waals surface area contributed by atoms with E-state index < -0.39 is 37.6 Å². The van der Waals surface area contributed by atoms with Crippen LogP contribution in [0.1, 0.15) is 28.6 Å². The van der Waals surface area contributed by atoms with Gasteiger partial charge >= 0.3 is 0 Å². The van der Waals surface area contributed by atoms with Crippen LogP contribution in [0.2, 0.25) is 0 Å². The molecule has 0 radical (unpaired) electrons. The van der Waals surface area contributed by atoms with Crippen molar-refractivity contribution >= 4 is 38.6 Å². The van der Waals surface area contributed by atoms with Gasteiger partial charge in [0, 0.05) is 17.9 Å². The Kier molecular flexibility index (Phi) is 4.71. The Hall–Kier alpha value is -2.37. The molecule has 2 aliphatic rings. The normalized spacial score (nSPS) is 28.3. The largest absolute Gasteiger partial charge is 0.386 e. The molecular formula is C18H19FN4O4S2. The summed E-state index contributed by atoms with van der Waals surface area (Å²) in [6, 6.07) is 3.96. The topological polar surface area (TPSA) is 124 Å². The maximum Gasteiger partial charge on any atom is 0.267 e. The molecule has 1 aromatic carbocycles. The number of ether oxygens (including phenoxy) is 1. The molecule has 8 nitrogen and oxygen atoms in total. The summed E-state index contributed by atoms with van der Waals surface area (Å²) in [5.41, 5.74) is 6.55. The average molecular weight is 439 g/mol. The van der Waals surface area contributed by atoms with E-state index >= 15 is 0 Å². The summed E-state index contributed by atoms with van der Waals surface area (Å²) in [5.74, 6) is -1.50. The van der Waals surface area contributed by atoms with Crippen LogP contribution < -0.4 is 11.1 Å². The van der Waals surface area contributed by atoms with Crippen molar-refractivity contribution in [3.8, 4) is 0 Å². The number of hydrogen-bond acceptors (Lipinski definition) is 8.